The van der Waals surface area contributed by atoms with Gasteiger partial charge in [-0.15, -0.1) is 0 Å². The summed E-state index contributed by atoms with van der Waals surface area (Å²) in [6.07, 6.45) is 0.331. The number of aliphatic imine (C=N–C) groups is 1. The summed E-state index contributed by atoms with van der Waals surface area (Å²) in [5.41, 5.74) is 4.33. The molecule has 0 aliphatic carbocycles. The summed E-state index contributed by atoms with van der Waals surface area (Å²) in [6.45, 7) is 0.524. The molecule has 1 aliphatic heterocycles. The molecule has 0 saturated carbocycles. The Hall–Kier alpha value is -3.68. The molecule has 0 spiro atoms. The van der Waals surface area contributed by atoms with Gasteiger partial charge in [-0.05, 0) is 35.4 Å². The Balaban J connectivity index is 1.75. The van der Waals surface area contributed by atoms with Gasteiger partial charge in [-0.3, -0.25) is 10.2 Å². The Morgan fingerprint density at radius 3 is 2.31 bits per heavy atom. The van der Waals surface area contributed by atoms with Crippen LogP contribution in [0.2, 0.25) is 0 Å². The van der Waals surface area contributed by atoms with Gasteiger partial charge in [0.15, 0.2) is 11.6 Å². The molecule has 35 heavy (non-hydrogen) atoms. The number of nitrogens with zero attached hydrogens (tertiary/aromatic N) is 2. The van der Waals surface area contributed by atoms with E-state index in [4.69, 9.17) is 19.6 Å². The number of benzene rings is 3. The highest BCUT2D eigenvalue weighted by atomic mass is 16.5. The minimum absolute atomic E-state index is 0.0854. The lowest BCUT2D eigenvalue weighted by Gasteiger charge is -2.31. The topological polar surface area (TPSA) is 83.4 Å². The molecule has 0 bridgehead atoms. The van der Waals surface area contributed by atoms with Gasteiger partial charge in [0.2, 0.25) is 5.90 Å². The molecule has 1 amide bonds. The lowest BCUT2D eigenvalue weighted by molar-refractivity contribution is -0.132. The van der Waals surface area contributed by atoms with Gasteiger partial charge < -0.3 is 14.6 Å². The van der Waals surface area contributed by atoms with Crippen molar-refractivity contribution in [2.45, 2.75) is 24.5 Å². The zero-order valence-corrected chi connectivity index (χ0v) is 20.1. The third kappa shape index (κ3) is 5.70. The average Bonchev–Trinajstić information content (AvgIpc) is 3.26. The Morgan fingerprint density at radius 1 is 1.03 bits per heavy atom. The maximum atomic E-state index is 13.8. The van der Waals surface area contributed by atoms with Gasteiger partial charge in [0.25, 0.3) is 5.91 Å². The highest BCUT2D eigenvalue weighted by molar-refractivity contribution is 6.01. The van der Waals surface area contributed by atoms with Crippen molar-refractivity contribution in [1.82, 2.24) is 10.4 Å². The van der Waals surface area contributed by atoms with Crippen LogP contribution in [0.4, 0.5) is 0 Å². The van der Waals surface area contributed by atoms with E-state index in [2.05, 4.69) is 5.43 Å². The Morgan fingerprint density at radius 2 is 1.69 bits per heavy atom. The van der Waals surface area contributed by atoms with Gasteiger partial charge in [0.1, 0.15) is 5.75 Å². The highest BCUT2D eigenvalue weighted by Crippen LogP contribution is 2.42. The molecule has 0 saturated heterocycles. The largest absolute Gasteiger partial charge is 0.494 e. The van der Waals surface area contributed by atoms with Crippen LogP contribution in [-0.2, 0) is 16.0 Å². The van der Waals surface area contributed by atoms with E-state index in [1.807, 2.05) is 84.9 Å². The van der Waals surface area contributed by atoms with Crippen LogP contribution < -0.4 is 10.2 Å². The van der Waals surface area contributed by atoms with Gasteiger partial charge in [-0.1, -0.05) is 60.7 Å². The second kappa shape index (κ2) is 11.2. The molecule has 3 aromatic rings. The fourth-order valence-corrected chi connectivity index (χ4v) is 4.12. The van der Waals surface area contributed by atoms with Crippen molar-refractivity contribution in [2.24, 2.45) is 4.99 Å². The Kier molecular flexibility index (Phi) is 7.80. The van der Waals surface area contributed by atoms with Crippen molar-refractivity contribution in [1.29, 1.82) is 0 Å². The molecule has 7 heteroatoms. The number of amides is 1. The van der Waals surface area contributed by atoms with Gasteiger partial charge in [0.05, 0.1) is 6.61 Å². The first-order valence-electron chi connectivity index (χ1n) is 11.7. The quantitative estimate of drug-likeness (QED) is 0.348. The fraction of sp³-hybridized carbons (Fsp3) is 0.286. The number of carbonyl (C=O) groups is 1. The second-order valence-corrected chi connectivity index (χ2v) is 8.70. The summed E-state index contributed by atoms with van der Waals surface area (Å²) in [4.78, 5) is 18.7. The van der Waals surface area contributed by atoms with Crippen LogP contribution in [0.1, 0.15) is 29.2 Å². The van der Waals surface area contributed by atoms with E-state index >= 15 is 0 Å². The molecule has 4 rings (SSSR count). The number of hydrogen-bond acceptors (Lipinski definition) is 6. The lowest BCUT2D eigenvalue weighted by atomic mass is 9.82. The molecular formula is C28H31N3O4. The normalized spacial score (nSPS) is 19.2. The number of hydrogen-bond donors (Lipinski definition) is 2. The lowest BCUT2D eigenvalue weighted by Crippen LogP contribution is -2.53. The van der Waals surface area contributed by atoms with E-state index < -0.39 is 11.6 Å². The monoisotopic (exact) mass is 473 g/mol. The first kappa shape index (κ1) is 24.4. The number of nitrogens with one attached hydrogen (secondary N) is 1. The second-order valence-electron chi connectivity index (χ2n) is 8.70. The summed E-state index contributed by atoms with van der Waals surface area (Å²) in [5, 5.41) is 10.6. The summed E-state index contributed by atoms with van der Waals surface area (Å²) in [7, 11) is 3.56. The first-order chi connectivity index (χ1) is 17.0. The molecule has 0 fully saturated rings. The van der Waals surface area contributed by atoms with E-state index in [1.165, 1.54) is 0 Å². The number of aliphatic hydroxyl groups is 1. The average molecular weight is 474 g/mol. The molecule has 0 aromatic heterocycles. The number of hydrazine groups is 1. The summed E-state index contributed by atoms with van der Waals surface area (Å²) >= 11 is 0. The van der Waals surface area contributed by atoms with Crippen molar-refractivity contribution in [3.8, 4) is 5.75 Å². The predicted molar refractivity (Wildman–Crippen MR) is 135 cm³/mol. The Labute approximate surface area is 206 Å². The fourth-order valence-electron chi connectivity index (χ4n) is 4.12. The summed E-state index contributed by atoms with van der Waals surface area (Å²) in [5.74, 6) is 0.867. The first-order valence-corrected chi connectivity index (χ1v) is 11.7. The molecular weight excluding hydrogens is 442 g/mol. The third-order valence-corrected chi connectivity index (χ3v) is 5.77. The minimum Gasteiger partial charge on any atom is -0.494 e. The van der Waals surface area contributed by atoms with Crippen LogP contribution in [0, 0.1) is 0 Å². The van der Waals surface area contributed by atoms with Crippen LogP contribution in [-0.4, -0.2) is 54.8 Å². The molecule has 1 heterocycles. The molecule has 2 N–H and O–H groups in total. The number of carbonyl (C=O) groups excluding carboxylic acids is 1. The van der Waals surface area contributed by atoms with Crippen molar-refractivity contribution in [3.05, 3.63) is 102 Å². The van der Waals surface area contributed by atoms with Crippen LogP contribution in [0.25, 0.3) is 0 Å². The van der Waals surface area contributed by atoms with E-state index in [-0.39, 0.29) is 12.5 Å². The number of ether oxygens (including phenoxy) is 2. The number of aliphatic hydroxyl groups excluding tert-OH is 1. The van der Waals surface area contributed by atoms with Crippen LogP contribution >= 0.6 is 0 Å². The van der Waals surface area contributed by atoms with Crippen LogP contribution in [0.3, 0.4) is 0 Å². The highest BCUT2D eigenvalue weighted by Gasteiger charge is 2.53. The third-order valence-electron chi connectivity index (χ3n) is 5.77. The molecule has 1 aliphatic rings. The smallest absolute Gasteiger partial charge is 0.266 e. The van der Waals surface area contributed by atoms with E-state index in [9.17, 15) is 4.79 Å². The van der Waals surface area contributed by atoms with E-state index in [1.54, 1.807) is 19.1 Å². The standard InChI is InChI=1S/C28H31N3O4/c1-31(2)30-27(33)28(20-21-10-5-3-6-11-21)25(22-12-7-4-8-13-22)35-26(29-28)23-14-16-24(17-15-23)34-19-9-18-32/h3-8,10-17,25,32H,9,18-20H2,1-2H3,(H,30,33)/t25-,28-/m0/s1. The zero-order chi connectivity index (χ0) is 24.7. The molecule has 7 nitrogen and oxygen atoms in total. The van der Waals surface area contributed by atoms with Crippen molar-refractivity contribution < 1.29 is 19.4 Å². The Bertz CT molecular complexity index is 1130. The van der Waals surface area contributed by atoms with Gasteiger partial charge in [0, 0.05) is 39.1 Å². The van der Waals surface area contributed by atoms with Crippen molar-refractivity contribution in [3.63, 3.8) is 0 Å². The summed E-state index contributed by atoms with van der Waals surface area (Å²) in [6, 6.07) is 27.0. The maximum absolute atomic E-state index is 13.8. The minimum atomic E-state index is -1.21. The van der Waals surface area contributed by atoms with Crippen molar-refractivity contribution in [2.75, 3.05) is 27.3 Å². The molecule has 182 valence electrons. The SMILES string of the molecule is CN(C)NC(=O)[C@@]1(Cc2ccccc2)N=C(c2ccc(OCCCO)cc2)O[C@H]1c1ccccc1. The maximum Gasteiger partial charge on any atom is 0.266 e. The molecule has 0 unspecified atom stereocenters. The van der Waals surface area contributed by atoms with E-state index in [0.717, 1.165) is 16.7 Å². The summed E-state index contributed by atoms with van der Waals surface area (Å²) < 4.78 is 12.1. The molecule has 0 radical (unpaired) electrons. The van der Waals surface area contributed by atoms with Gasteiger partial charge >= 0.3 is 0 Å². The molecule has 3 aromatic carbocycles. The van der Waals surface area contributed by atoms with E-state index in [0.29, 0.717) is 31.1 Å². The zero-order valence-electron chi connectivity index (χ0n) is 20.1. The predicted octanol–water partition coefficient (Wildman–Crippen LogP) is 3.54. The van der Waals surface area contributed by atoms with Gasteiger partial charge in [-0.2, -0.15) is 0 Å². The van der Waals surface area contributed by atoms with Crippen LogP contribution in [0.5, 0.6) is 5.75 Å². The van der Waals surface area contributed by atoms with Crippen molar-refractivity contribution >= 4 is 11.8 Å². The van der Waals surface area contributed by atoms with Gasteiger partial charge in [-0.25, -0.2) is 10.0 Å². The molecule has 2 atom stereocenters. The van der Waals surface area contributed by atoms with Crippen LogP contribution in [0.15, 0.2) is 89.9 Å². The number of rotatable bonds is 10.